The summed E-state index contributed by atoms with van der Waals surface area (Å²) in [6.07, 6.45) is 4.62. The minimum Gasteiger partial charge on any atom is -0.440 e. The lowest BCUT2D eigenvalue weighted by molar-refractivity contribution is 0.0916. The standard InChI is InChI=1S/C20H17ClFN7O2/c1-11-8-24-20(27-16-5-6-25-29(16)2)28-17(11)15-10-31-19(26-15)18(30)23-9-12-3-4-13(21)7-14(12)22/h3-8,10H,9H2,1-2H3,(H,23,30)(H,24,27,28). The third-order valence-electron chi connectivity index (χ3n) is 4.43. The fraction of sp³-hybridized carbons (Fsp3) is 0.150. The zero-order chi connectivity index (χ0) is 22.0. The SMILES string of the molecule is Cc1cnc(Nc2ccnn2C)nc1-c1coc(C(=O)NCc2ccc(Cl)cc2F)n1. The number of rotatable bonds is 6. The molecule has 1 amide bonds. The van der Waals surface area contributed by atoms with E-state index in [1.54, 1.807) is 36.3 Å². The van der Waals surface area contributed by atoms with Crippen molar-refractivity contribution in [1.29, 1.82) is 0 Å². The number of nitrogens with zero attached hydrogens (tertiary/aromatic N) is 5. The predicted molar refractivity (Wildman–Crippen MR) is 111 cm³/mol. The number of oxazole rings is 1. The van der Waals surface area contributed by atoms with Gasteiger partial charge in [0.05, 0.1) is 6.20 Å². The predicted octanol–water partition coefficient (Wildman–Crippen LogP) is 3.64. The molecule has 2 N–H and O–H groups in total. The number of carbonyl (C=O) groups is 1. The molecule has 4 rings (SSSR count). The molecule has 0 aliphatic rings. The number of amides is 1. The summed E-state index contributed by atoms with van der Waals surface area (Å²) < 4.78 is 20.8. The smallest absolute Gasteiger partial charge is 0.307 e. The van der Waals surface area contributed by atoms with Gasteiger partial charge in [-0.05, 0) is 24.6 Å². The third kappa shape index (κ3) is 4.53. The van der Waals surface area contributed by atoms with Crippen LogP contribution < -0.4 is 10.6 Å². The van der Waals surface area contributed by atoms with Gasteiger partial charge in [0.2, 0.25) is 5.95 Å². The highest BCUT2D eigenvalue weighted by atomic mass is 35.5. The second kappa shape index (κ2) is 8.52. The summed E-state index contributed by atoms with van der Waals surface area (Å²) >= 11 is 5.74. The quantitative estimate of drug-likeness (QED) is 0.470. The summed E-state index contributed by atoms with van der Waals surface area (Å²) in [6, 6.07) is 6.01. The van der Waals surface area contributed by atoms with Crippen molar-refractivity contribution in [2.45, 2.75) is 13.5 Å². The number of anilines is 2. The lowest BCUT2D eigenvalue weighted by atomic mass is 10.2. The second-order valence-corrected chi connectivity index (χ2v) is 7.08. The Kier molecular flexibility index (Phi) is 5.63. The summed E-state index contributed by atoms with van der Waals surface area (Å²) in [5.41, 5.74) is 1.92. The second-order valence-electron chi connectivity index (χ2n) is 6.65. The zero-order valence-electron chi connectivity index (χ0n) is 16.6. The molecule has 0 atom stereocenters. The van der Waals surface area contributed by atoms with Gasteiger partial charge in [0.15, 0.2) is 0 Å². The Labute approximate surface area is 181 Å². The lowest BCUT2D eigenvalue weighted by Crippen LogP contribution is -2.23. The van der Waals surface area contributed by atoms with Gasteiger partial charge in [-0.2, -0.15) is 5.10 Å². The van der Waals surface area contributed by atoms with E-state index in [2.05, 4.69) is 30.7 Å². The van der Waals surface area contributed by atoms with Crippen molar-refractivity contribution in [3.63, 3.8) is 0 Å². The van der Waals surface area contributed by atoms with Crippen molar-refractivity contribution in [3.8, 4) is 11.4 Å². The van der Waals surface area contributed by atoms with Crippen LogP contribution in [-0.2, 0) is 13.6 Å². The molecule has 11 heteroatoms. The maximum atomic E-state index is 13.9. The van der Waals surface area contributed by atoms with Gasteiger partial charge in [0, 0.05) is 36.4 Å². The lowest BCUT2D eigenvalue weighted by Gasteiger charge is -2.07. The normalized spacial score (nSPS) is 10.8. The summed E-state index contributed by atoms with van der Waals surface area (Å²) in [7, 11) is 1.79. The molecule has 3 heterocycles. The molecular formula is C20H17ClFN7O2. The molecule has 0 aliphatic carbocycles. The maximum Gasteiger partial charge on any atom is 0.307 e. The Bertz CT molecular complexity index is 1250. The molecule has 0 saturated heterocycles. The molecule has 9 nitrogen and oxygen atoms in total. The molecule has 0 unspecified atom stereocenters. The molecule has 158 valence electrons. The van der Waals surface area contributed by atoms with Crippen LogP contribution in [0.3, 0.4) is 0 Å². The number of aromatic nitrogens is 5. The van der Waals surface area contributed by atoms with Crippen LogP contribution in [0.2, 0.25) is 5.02 Å². The fourth-order valence-electron chi connectivity index (χ4n) is 2.78. The Morgan fingerprint density at radius 3 is 2.87 bits per heavy atom. The van der Waals surface area contributed by atoms with Crippen molar-refractivity contribution in [2.24, 2.45) is 7.05 Å². The first-order valence-corrected chi connectivity index (χ1v) is 9.55. The van der Waals surface area contributed by atoms with E-state index in [0.29, 0.717) is 28.7 Å². The molecule has 4 aromatic rings. The summed E-state index contributed by atoms with van der Waals surface area (Å²) in [6.45, 7) is 1.78. The van der Waals surface area contributed by atoms with Gasteiger partial charge in [-0.3, -0.25) is 9.48 Å². The van der Waals surface area contributed by atoms with Gasteiger partial charge < -0.3 is 15.1 Å². The number of hydrogen-bond donors (Lipinski definition) is 2. The number of hydrogen-bond acceptors (Lipinski definition) is 7. The maximum absolute atomic E-state index is 13.9. The van der Waals surface area contributed by atoms with E-state index >= 15 is 0 Å². The third-order valence-corrected chi connectivity index (χ3v) is 4.66. The van der Waals surface area contributed by atoms with E-state index in [9.17, 15) is 9.18 Å². The van der Waals surface area contributed by atoms with Crippen LogP contribution in [0.4, 0.5) is 16.2 Å². The van der Waals surface area contributed by atoms with Gasteiger partial charge in [-0.15, -0.1) is 0 Å². The molecular weight excluding hydrogens is 425 g/mol. The monoisotopic (exact) mass is 441 g/mol. The summed E-state index contributed by atoms with van der Waals surface area (Å²) in [5, 5.41) is 9.99. The number of benzene rings is 1. The highest BCUT2D eigenvalue weighted by molar-refractivity contribution is 6.30. The summed E-state index contributed by atoms with van der Waals surface area (Å²) in [4.78, 5) is 25.3. The average Bonchev–Trinajstić information content (AvgIpc) is 3.38. The molecule has 0 bridgehead atoms. The fourth-order valence-corrected chi connectivity index (χ4v) is 2.93. The van der Waals surface area contributed by atoms with Crippen LogP contribution in [0.25, 0.3) is 11.4 Å². The average molecular weight is 442 g/mol. The van der Waals surface area contributed by atoms with E-state index in [-0.39, 0.29) is 17.5 Å². The van der Waals surface area contributed by atoms with Crippen molar-refractivity contribution in [3.05, 3.63) is 70.8 Å². The van der Waals surface area contributed by atoms with E-state index in [0.717, 1.165) is 5.56 Å². The van der Waals surface area contributed by atoms with Crippen LogP contribution in [0.5, 0.6) is 0 Å². The minimum absolute atomic E-state index is 0.0369. The first-order chi connectivity index (χ1) is 14.9. The molecule has 0 aliphatic heterocycles. The van der Waals surface area contributed by atoms with Crippen molar-refractivity contribution in [1.82, 2.24) is 30.0 Å². The van der Waals surface area contributed by atoms with Gasteiger partial charge in [0.25, 0.3) is 5.89 Å². The number of nitrogens with one attached hydrogen (secondary N) is 2. The highest BCUT2D eigenvalue weighted by Crippen LogP contribution is 2.22. The van der Waals surface area contributed by atoms with E-state index < -0.39 is 11.7 Å². The molecule has 0 radical (unpaired) electrons. The van der Waals surface area contributed by atoms with Crippen LogP contribution in [-0.4, -0.2) is 30.6 Å². The topological polar surface area (TPSA) is 111 Å². The Hall–Kier alpha value is -3.79. The van der Waals surface area contributed by atoms with Crippen LogP contribution in [0.15, 0.2) is 47.3 Å². The van der Waals surface area contributed by atoms with Gasteiger partial charge in [-0.25, -0.2) is 19.3 Å². The van der Waals surface area contributed by atoms with E-state index in [4.69, 9.17) is 16.0 Å². The molecule has 31 heavy (non-hydrogen) atoms. The molecule has 0 fully saturated rings. The largest absolute Gasteiger partial charge is 0.440 e. The van der Waals surface area contributed by atoms with E-state index in [1.165, 1.54) is 18.4 Å². The first-order valence-electron chi connectivity index (χ1n) is 9.17. The zero-order valence-corrected chi connectivity index (χ0v) is 17.3. The number of halogens is 2. The van der Waals surface area contributed by atoms with E-state index in [1.807, 2.05) is 6.92 Å². The Balaban J connectivity index is 1.49. The number of carbonyl (C=O) groups excluding carboxylic acids is 1. The number of aryl methyl sites for hydroxylation is 2. The van der Waals surface area contributed by atoms with Crippen LogP contribution in [0, 0.1) is 12.7 Å². The van der Waals surface area contributed by atoms with Crippen LogP contribution >= 0.6 is 11.6 Å². The van der Waals surface area contributed by atoms with Gasteiger partial charge in [-0.1, -0.05) is 17.7 Å². The Morgan fingerprint density at radius 2 is 2.13 bits per heavy atom. The van der Waals surface area contributed by atoms with Gasteiger partial charge >= 0.3 is 5.91 Å². The molecule has 0 saturated carbocycles. The Morgan fingerprint density at radius 1 is 1.29 bits per heavy atom. The molecule has 0 spiro atoms. The van der Waals surface area contributed by atoms with Crippen molar-refractivity contribution in [2.75, 3.05) is 5.32 Å². The van der Waals surface area contributed by atoms with Crippen molar-refractivity contribution >= 4 is 29.3 Å². The van der Waals surface area contributed by atoms with Crippen molar-refractivity contribution < 1.29 is 13.6 Å². The van der Waals surface area contributed by atoms with Gasteiger partial charge in [0.1, 0.15) is 29.3 Å². The minimum atomic E-state index is -0.583. The molecule has 1 aromatic carbocycles. The summed E-state index contributed by atoms with van der Waals surface area (Å²) in [5.74, 6) is -0.198. The van der Waals surface area contributed by atoms with Crippen LogP contribution in [0.1, 0.15) is 21.8 Å². The first kappa shape index (κ1) is 20.5. The molecule has 3 aromatic heterocycles. The highest BCUT2D eigenvalue weighted by Gasteiger charge is 2.17.